The molecule has 1 aliphatic rings. The maximum absolute atomic E-state index is 11.9. The van der Waals surface area contributed by atoms with Crippen molar-refractivity contribution in [3.63, 3.8) is 0 Å². The Bertz CT molecular complexity index is 440. The van der Waals surface area contributed by atoms with Gasteiger partial charge < -0.3 is 10.2 Å². The van der Waals surface area contributed by atoms with Gasteiger partial charge in [-0.15, -0.1) is 0 Å². The second-order valence-electron chi connectivity index (χ2n) is 4.71. The van der Waals surface area contributed by atoms with E-state index < -0.39 is 0 Å². The number of unbranched alkanes of at least 4 members (excludes halogenated alkanes) is 1. The molecule has 1 aliphatic heterocycles. The number of hydrogen-bond donors (Lipinski definition) is 1. The minimum atomic E-state index is 0.175. The molecular formula is C14H20N2O. The summed E-state index contributed by atoms with van der Waals surface area (Å²) in [5, 5.41) is 3.20. The number of hydrogen-bond acceptors (Lipinski definition) is 2. The molecular weight excluding hydrogens is 212 g/mol. The topological polar surface area (TPSA) is 32.3 Å². The molecule has 92 valence electrons. The standard InChI is InChI=1S/C14H20N2O/c1-4-5-6-16-13-8-11(3)10(2)7-12(13)15-9-14(16)17/h7-8,15H,4-6,9H2,1-3H3. The zero-order chi connectivity index (χ0) is 12.4. The lowest BCUT2D eigenvalue weighted by molar-refractivity contribution is -0.117. The predicted octanol–water partition coefficient (Wildman–Crippen LogP) is 2.86. The van der Waals surface area contributed by atoms with Gasteiger partial charge in [0.2, 0.25) is 5.91 Å². The molecule has 17 heavy (non-hydrogen) atoms. The van der Waals surface area contributed by atoms with Crippen molar-refractivity contribution in [1.82, 2.24) is 0 Å². The first-order valence-electron chi connectivity index (χ1n) is 6.29. The highest BCUT2D eigenvalue weighted by Crippen LogP contribution is 2.32. The van der Waals surface area contributed by atoms with Gasteiger partial charge in [-0.25, -0.2) is 0 Å². The van der Waals surface area contributed by atoms with E-state index in [0.29, 0.717) is 6.54 Å². The quantitative estimate of drug-likeness (QED) is 0.869. The SMILES string of the molecule is CCCCN1C(=O)CNc2cc(C)c(C)cc21. The molecule has 1 heterocycles. The fourth-order valence-corrected chi connectivity index (χ4v) is 2.13. The van der Waals surface area contributed by atoms with E-state index in [9.17, 15) is 4.79 Å². The first-order chi connectivity index (χ1) is 8.13. The monoisotopic (exact) mass is 232 g/mol. The Morgan fingerprint density at radius 2 is 2.00 bits per heavy atom. The first-order valence-corrected chi connectivity index (χ1v) is 6.29. The molecule has 0 spiro atoms. The van der Waals surface area contributed by atoms with Crippen LogP contribution in [0.2, 0.25) is 0 Å². The van der Waals surface area contributed by atoms with Crippen molar-refractivity contribution in [3.05, 3.63) is 23.3 Å². The van der Waals surface area contributed by atoms with E-state index in [4.69, 9.17) is 0 Å². The summed E-state index contributed by atoms with van der Waals surface area (Å²) in [6.07, 6.45) is 2.16. The van der Waals surface area contributed by atoms with Crippen LogP contribution in [-0.2, 0) is 4.79 Å². The molecule has 1 aromatic carbocycles. The van der Waals surface area contributed by atoms with E-state index in [1.165, 1.54) is 11.1 Å². The maximum atomic E-state index is 11.9. The van der Waals surface area contributed by atoms with Crippen molar-refractivity contribution in [1.29, 1.82) is 0 Å². The zero-order valence-electron chi connectivity index (χ0n) is 10.8. The molecule has 0 radical (unpaired) electrons. The van der Waals surface area contributed by atoms with E-state index in [2.05, 4.69) is 38.2 Å². The Morgan fingerprint density at radius 1 is 1.29 bits per heavy atom. The van der Waals surface area contributed by atoms with Crippen LogP contribution in [0.3, 0.4) is 0 Å². The van der Waals surface area contributed by atoms with E-state index in [1.807, 2.05) is 4.90 Å². The summed E-state index contributed by atoms with van der Waals surface area (Å²) in [5.41, 5.74) is 4.63. The Morgan fingerprint density at radius 3 is 2.71 bits per heavy atom. The van der Waals surface area contributed by atoms with Gasteiger partial charge in [0.1, 0.15) is 0 Å². The summed E-state index contributed by atoms with van der Waals surface area (Å²) in [4.78, 5) is 13.8. The summed E-state index contributed by atoms with van der Waals surface area (Å²) in [6, 6.07) is 4.25. The summed E-state index contributed by atoms with van der Waals surface area (Å²) < 4.78 is 0. The van der Waals surface area contributed by atoms with E-state index in [-0.39, 0.29) is 5.91 Å². The first kappa shape index (κ1) is 12.0. The Balaban J connectivity index is 2.36. The second-order valence-corrected chi connectivity index (χ2v) is 4.71. The minimum Gasteiger partial charge on any atom is -0.374 e. The Kier molecular flexibility index (Phi) is 3.36. The van der Waals surface area contributed by atoms with Crippen molar-refractivity contribution < 1.29 is 4.79 Å². The van der Waals surface area contributed by atoms with Crippen molar-refractivity contribution in [3.8, 4) is 0 Å². The van der Waals surface area contributed by atoms with Gasteiger partial charge in [0, 0.05) is 6.54 Å². The van der Waals surface area contributed by atoms with E-state index >= 15 is 0 Å². The number of aryl methyl sites for hydroxylation is 2. The number of fused-ring (bicyclic) bond motifs is 1. The van der Waals surface area contributed by atoms with Crippen LogP contribution >= 0.6 is 0 Å². The zero-order valence-corrected chi connectivity index (χ0v) is 10.8. The molecule has 0 aliphatic carbocycles. The normalized spacial score (nSPS) is 14.5. The average Bonchev–Trinajstić information content (AvgIpc) is 2.30. The number of carbonyl (C=O) groups excluding carboxylic acids is 1. The van der Waals surface area contributed by atoms with Gasteiger partial charge in [-0.05, 0) is 43.5 Å². The molecule has 1 N–H and O–H groups in total. The molecule has 2 rings (SSSR count). The van der Waals surface area contributed by atoms with Gasteiger partial charge in [-0.2, -0.15) is 0 Å². The van der Waals surface area contributed by atoms with Crippen LogP contribution in [-0.4, -0.2) is 19.0 Å². The highest BCUT2D eigenvalue weighted by molar-refractivity contribution is 6.02. The van der Waals surface area contributed by atoms with E-state index in [0.717, 1.165) is 30.8 Å². The third-order valence-corrected chi connectivity index (χ3v) is 3.37. The summed E-state index contributed by atoms with van der Waals surface area (Å²) in [7, 11) is 0. The van der Waals surface area contributed by atoms with Gasteiger partial charge in [0.25, 0.3) is 0 Å². The molecule has 3 nitrogen and oxygen atoms in total. The van der Waals surface area contributed by atoms with Gasteiger partial charge in [-0.1, -0.05) is 13.3 Å². The highest BCUT2D eigenvalue weighted by atomic mass is 16.2. The largest absolute Gasteiger partial charge is 0.374 e. The molecule has 1 aromatic rings. The highest BCUT2D eigenvalue weighted by Gasteiger charge is 2.23. The number of amides is 1. The summed E-state index contributed by atoms with van der Waals surface area (Å²) in [6.45, 7) is 7.58. The van der Waals surface area contributed by atoms with Crippen LogP contribution in [0.15, 0.2) is 12.1 Å². The molecule has 3 heteroatoms. The van der Waals surface area contributed by atoms with Gasteiger partial charge in [0.15, 0.2) is 0 Å². The fraction of sp³-hybridized carbons (Fsp3) is 0.500. The molecule has 0 atom stereocenters. The van der Waals surface area contributed by atoms with Gasteiger partial charge in [-0.3, -0.25) is 4.79 Å². The van der Waals surface area contributed by atoms with Crippen LogP contribution in [0.4, 0.5) is 11.4 Å². The lowest BCUT2D eigenvalue weighted by atomic mass is 10.0. The molecule has 0 fully saturated rings. The number of nitrogens with one attached hydrogen (secondary N) is 1. The Labute approximate surface area is 103 Å². The maximum Gasteiger partial charge on any atom is 0.246 e. The van der Waals surface area contributed by atoms with Crippen molar-refractivity contribution >= 4 is 17.3 Å². The number of benzene rings is 1. The van der Waals surface area contributed by atoms with Crippen molar-refractivity contribution in [2.45, 2.75) is 33.6 Å². The minimum absolute atomic E-state index is 0.175. The Hall–Kier alpha value is -1.51. The number of rotatable bonds is 3. The summed E-state index contributed by atoms with van der Waals surface area (Å²) >= 11 is 0. The third-order valence-electron chi connectivity index (χ3n) is 3.37. The lowest BCUT2D eigenvalue weighted by Gasteiger charge is -2.31. The van der Waals surface area contributed by atoms with Gasteiger partial charge >= 0.3 is 0 Å². The second kappa shape index (κ2) is 4.78. The molecule has 0 saturated carbocycles. The number of carbonyl (C=O) groups is 1. The molecule has 0 bridgehead atoms. The van der Waals surface area contributed by atoms with Crippen molar-refractivity contribution in [2.24, 2.45) is 0 Å². The van der Waals surface area contributed by atoms with Gasteiger partial charge in [0.05, 0.1) is 17.9 Å². The average molecular weight is 232 g/mol. The van der Waals surface area contributed by atoms with E-state index in [1.54, 1.807) is 0 Å². The van der Waals surface area contributed by atoms with Crippen LogP contribution in [0.1, 0.15) is 30.9 Å². The molecule has 0 saturated heterocycles. The van der Waals surface area contributed by atoms with Crippen LogP contribution in [0, 0.1) is 13.8 Å². The van der Waals surface area contributed by atoms with Crippen LogP contribution in [0.5, 0.6) is 0 Å². The van der Waals surface area contributed by atoms with Crippen LogP contribution < -0.4 is 10.2 Å². The fourth-order valence-electron chi connectivity index (χ4n) is 2.13. The predicted molar refractivity (Wildman–Crippen MR) is 71.7 cm³/mol. The van der Waals surface area contributed by atoms with Crippen molar-refractivity contribution in [2.75, 3.05) is 23.3 Å². The third kappa shape index (κ3) is 2.28. The lowest BCUT2D eigenvalue weighted by Crippen LogP contribution is -2.40. The smallest absolute Gasteiger partial charge is 0.246 e. The number of nitrogens with zero attached hydrogens (tertiary/aromatic N) is 1. The van der Waals surface area contributed by atoms with Crippen LogP contribution in [0.25, 0.3) is 0 Å². The molecule has 1 amide bonds. The number of anilines is 2. The molecule has 0 aromatic heterocycles. The molecule has 0 unspecified atom stereocenters. The summed E-state index contributed by atoms with van der Waals surface area (Å²) in [5.74, 6) is 0.175.